The van der Waals surface area contributed by atoms with E-state index < -0.39 is 0 Å². The van der Waals surface area contributed by atoms with Crippen molar-refractivity contribution in [3.05, 3.63) is 34.9 Å². The van der Waals surface area contributed by atoms with Crippen molar-refractivity contribution in [3.63, 3.8) is 0 Å². The fourth-order valence-electron chi connectivity index (χ4n) is 1.84. The Labute approximate surface area is 110 Å². The summed E-state index contributed by atoms with van der Waals surface area (Å²) >= 11 is 3.57. The highest BCUT2D eigenvalue weighted by molar-refractivity contribution is 9.10. The molecule has 0 radical (unpaired) electrons. The van der Waals surface area contributed by atoms with Gasteiger partial charge in [-0.15, -0.1) is 0 Å². The Kier molecular flexibility index (Phi) is 3.97. The third-order valence-electron chi connectivity index (χ3n) is 2.79. The highest BCUT2D eigenvalue weighted by Crippen LogP contribution is 2.28. The van der Waals surface area contributed by atoms with Crippen LogP contribution in [0.25, 0.3) is 10.8 Å². The minimum absolute atomic E-state index is 0.940. The minimum Gasteiger partial charge on any atom is -0.358 e. The maximum Gasteiger partial charge on any atom is 0.136 e. The highest BCUT2D eigenvalue weighted by atomic mass is 79.9. The lowest BCUT2D eigenvalue weighted by Gasteiger charge is -2.19. The Morgan fingerprint density at radius 2 is 2.12 bits per heavy atom. The van der Waals surface area contributed by atoms with Crippen molar-refractivity contribution in [1.82, 2.24) is 10.3 Å². The third-order valence-corrected chi connectivity index (χ3v) is 3.48. The van der Waals surface area contributed by atoms with Gasteiger partial charge in [-0.3, -0.25) is 0 Å². The summed E-state index contributed by atoms with van der Waals surface area (Å²) in [6.07, 6.45) is 1.86. The number of halogens is 1. The molecular formula is C13H16BrN3. The van der Waals surface area contributed by atoms with Crippen LogP contribution in [0.2, 0.25) is 0 Å². The number of benzene rings is 1. The predicted octanol–water partition coefficient (Wildman–Crippen LogP) is 2.65. The number of hydrogen-bond acceptors (Lipinski definition) is 3. The number of fused-ring (bicyclic) bond motifs is 1. The van der Waals surface area contributed by atoms with E-state index in [4.69, 9.17) is 0 Å². The second-order valence-corrected chi connectivity index (χ2v) is 4.85. The standard InChI is InChI=1S/C13H16BrN3/c1-15-8-9-17(2)13-11-4-3-5-12(14)10(11)6-7-16-13/h3-7,15H,8-9H2,1-2H3. The maximum atomic E-state index is 4.48. The van der Waals surface area contributed by atoms with Crippen LogP contribution in [0.3, 0.4) is 0 Å². The van der Waals surface area contributed by atoms with Crippen LogP contribution >= 0.6 is 15.9 Å². The molecule has 0 bridgehead atoms. The van der Waals surface area contributed by atoms with Gasteiger partial charge in [-0.25, -0.2) is 4.98 Å². The van der Waals surface area contributed by atoms with Gasteiger partial charge in [0.1, 0.15) is 5.82 Å². The molecule has 3 nitrogen and oxygen atoms in total. The molecule has 2 aromatic rings. The molecule has 2 rings (SSSR count). The largest absolute Gasteiger partial charge is 0.358 e. The van der Waals surface area contributed by atoms with Crippen molar-refractivity contribution < 1.29 is 0 Å². The van der Waals surface area contributed by atoms with E-state index in [0.29, 0.717) is 0 Å². The zero-order valence-corrected chi connectivity index (χ0v) is 11.7. The molecule has 1 aromatic heterocycles. The number of anilines is 1. The van der Waals surface area contributed by atoms with Crippen molar-refractivity contribution >= 4 is 32.5 Å². The van der Waals surface area contributed by atoms with Gasteiger partial charge >= 0.3 is 0 Å². The predicted molar refractivity (Wildman–Crippen MR) is 76.6 cm³/mol. The zero-order chi connectivity index (χ0) is 12.3. The van der Waals surface area contributed by atoms with Gasteiger partial charge in [0, 0.05) is 41.6 Å². The van der Waals surface area contributed by atoms with Gasteiger partial charge in [0.15, 0.2) is 0 Å². The number of aromatic nitrogens is 1. The average molecular weight is 294 g/mol. The first-order chi connectivity index (χ1) is 8.24. The number of likely N-dealkylation sites (N-methyl/N-ethyl adjacent to an activating group) is 2. The van der Waals surface area contributed by atoms with Crippen LogP contribution in [0.4, 0.5) is 5.82 Å². The van der Waals surface area contributed by atoms with Gasteiger partial charge in [-0.2, -0.15) is 0 Å². The fraction of sp³-hybridized carbons (Fsp3) is 0.308. The number of pyridine rings is 1. The lowest BCUT2D eigenvalue weighted by Crippen LogP contribution is -2.27. The smallest absolute Gasteiger partial charge is 0.136 e. The summed E-state index contributed by atoms with van der Waals surface area (Å²) in [6, 6.07) is 8.25. The average Bonchev–Trinajstić information content (AvgIpc) is 2.36. The lowest BCUT2D eigenvalue weighted by atomic mass is 10.1. The van der Waals surface area contributed by atoms with E-state index in [1.807, 2.05) is 25.4 Å². The second kappa shape index (κ2) is 5.47. The number of rotatable bonds is 4. The van der Waals surface area contributed by atoms with E-state index in [1.165, 1.54) is 10.8 Å². The third kappa shape index (κ3) is 2.58. The van der Waals surface area contributed by atoms with E-state index in [9.17, 15) is 0 Å². The molecule has 0 aliphatic heterocycles. The molecule has 0 atom stereocenters. The molecule has 0 aliphatic rings. The summed E-state index contributed by atoms with van der Waals surface area (Å²) in [7, 11) is 4.03. The van der Waals surface area contributed by atoms with Gasteiger partial charge in [0.05, 0.1) is 0 Å². The number of nitrogens with one attached hydrogen (secondary N) is 1. The minimum atomic E-state index is 0.940. The highest BCUT2D eigenvalue weighted by Gasteiger charge is 2.08. The summed E-state index contributed by atoms with van der Waals surface area (Å²) in [6.45, 7) is 1.89. The molecular weight excluding hydrogens is 278 g/mol. The van der Waals surface area contributed by atoms with E-state index in [0.717, 1.165) is 23.4 Å². The monoisotopic (exact) mass is 293 g/mol. The summed E-state index contributed by atoms with van der Waals surface area (Å²) in [5.74, 6) is 1.03. The van der Waals surface area contributed by atoms with Crippen molar-refractivity contribution in [2.24, 2.45) is 0 Å². The lowest BCUT2D eigenvalue weighted by molar-refractivity contribution is 0.763. The van der Waals surface area contributed by atoms with Gasteiger partial charge in [0.2, 0.25) is 0 Å². The Hall–Kier alpha value is -1.13. The summed E-state index contributed by atoms with van der Waals surface area (Å²) in [5.41, 5.74) is 0. The Balaban J connectivity index is 2.43. The van der Waals surface area contributed by atoms with Gasteiger partial charge in [-0.1, -0.05) is 28.1 Å². The van der Waals surface area contributed by atoms with Crippen LogP contribution in [0, 0.1) is 0 Å². The van der Waals surface area contributed by atoms with Gasteiger partial charge in [0.25, 0.3) is 0 Å². The number of hydrogen-bond donors (Lipinski definition) is 1. The topological polar surface area (TPSA) is 28.2 Å². The van der Waals surface area contributed by atoms with Crippen LogP contribution in [-0.4, -0.2) is 32.2 Å². The Morgan fingerprint density at radius 1 is 1.29 bits per heavy atom. The molecule has 17 heavy (non-hydrogen) atoms. The van der Waals surface area contributed by atoms with Crippen molar-refractivity contribution in [1.29, 1.82) is 0 Å². The fourth-order valence-corrected chi connectivity index (χ4v) is 2.34. The molecule has 0 unspecified atom stereocenters. The van der Waals surface area contributed by atoms with Crippen LogP contribution in [0.5, 0.6) is 0 Å². The Morgan fingerprint density at radius 3 is 2.88 bits per heavy atom. The van der Waals surface area contributed by atoms with Crippen LogP contribution in [-0.2, 0) is 0 Å². The van der Waals surface area contributed by atoms with E-state index in [1.54, 1.807) is 0 Å². The molecule has 0 fully saturated rings. The Bertz CT molecular complexity index is 513. The van der Waals surface area contributed by atoms with Crippen LogP contribution in [0.1, 0.15) is 0 Å². The summed E-state index contributed by atoms with van der Waals surface area (Å²) in [4.78, 5) is 6.65. The number of nitrogens with zero attached hydrogens (tertiary/aromatic N) is 2. The molecule has 0 amide bonds. The van der Waals surface area contributed by atoms with Crippen molar-refractivity contribution in [2.45, 2.75) is 0 Å². The van der Waals surface area contributed by atoms with Crippen LogP contribution in [0.15, 0.2) is 34.9 Å². The molecule has 90 valence electrons. The van der Waals surface area contributed by atoms with Crippen molar-refractivity contribution in [3.8, 4) is 0 Å². The molecule has 0 aliphatic carbocycles. The van der Waals surface area contributed by atoms with Crippen LogP contribution < -0.4 is 10.2 Å². The van der Waals surface area contributed by atoms with Gasteiger partial charge < -0.3 is 10.2 Å². The SMILES string of the molecule is CNCCN(C)c1nccc2c(Br)cccc12. The van der Waals surface area contributed by atoms with Crippen molar-refractivity contribution in [2.75, 3.05) is 32.1 Å². The maximum absolute atomic E-state index is 4.48. The quantitative estimate of drug-likeness (QED) is 0.939. The molecule has 1 aromatic carbocycles. The molecule has 0 spiro atoms. The van der Waals surface area contributed by atoms with E-state index >= 15 is 0 Å². The zero-order valence-electron chi connectivity index (χ0n) is 10.1. The van der Waals surface area contributed by atoms with E-state index in [2.05, 4.69) is 50.3 Å². The first-order valence-corrected chi connectivity index (χ1v) is 6.42. The first-order valence-electron chi connectivity index (χ1n) is 5.63. The molecule has 4 heteroatoms. The molecule has 1 heterocycles. The second-order valence-electron chi connectivity index (χ2n) is 3.99. The molecule has 1 N–H and O–H groups in total. The van der Waals surface area contributed by atoms with Gasteiger partial charge in [-0.05, 0) is 19.2 Å². The molecule has 0 saturated carbocycles. The summed E-state index contributed by atoms with van der Waals surface area (Å²) in [5, 5.41) is 5.53. The normalized spacial score (nSPS) is 10.8. The van der Waals surface area contributed by atoms with E-state index in [-0.39, 0.29) is 0 Å². The first kappa shape index (κ1) is 12.3. The molecule has 0 saturated heterocycles. The summed E-state index contributed by atoms with van der Waals surface area (Å²) < 4.78 is 1.11.